The Hall–Kier alpha value is -3.50. The van der Waals surface area contributed by atoms with Crippen molar-refractivity contribution < 1.29 is 0 Å². The Balaban J connectivity index is 1.85. The molecule has 0 saturated carbocycles. The lowest BCUT2D eigenvalue weighted by Gasteiger charge is -2.03. The molecule has 0 radical (unpaired) electrons. The van der Waals surface area contributed by atoms with Crippen molar-refractivity contribution in [3.8, 4) is 28.8 Å². The number of aromatic nitrogens is 5. The summed E-state index contributed by atoms with van der Waals surface area (Å²) in [5.41, 5.74) is 9.42. The summed E-state index contributed by atoms with van der Waals surface area (Å²) in [6.07, 6.45) is 3.11. The number of nitrogens with zero attached hydrogens (tertiary/aromatic N) is 6. The number of nitriles is 1. The van der Waals surface area contributed by atoms with Crippen LogP contribution in [0.4, 0.5) is 5.82 Å². The number of nitrogens with two attached hydrogens (primary N) is 1. The van der Waals surface area contributed by atoms with Crippen LogP contribution in [0.1, 0.15) is 5.56 Å². The van der Waals surface area contributed by atoms with Crippen LogP contribution in [0.25, 0.3) is 33.9 Å². The van der Waals surface area contributed by atoms with Gasteiger partial charge in [0.1, 0.15) is 17.4 Å². The number of rotatable bonds is 2. The summed E-state index contributed by atoms with van der Waals surface area (Å²) in [6.45, 7) is 0. The molecule has 0 bridgehead atoms. The number of anilines is 1. The van der Waals surface area contributed by atoms with Gasteiger partial charge in [0.05, 0.1) is 22.5 Å². The second-order valence-corrected chi connectivity index (χ2v) is 5.57. The number of hydrogen-bond donors (Lipinski definition) is 1. The smallest absolute Gasteiger partial charge is 0.176 e. The van der Waals surface area contributed by atoms with Crippen molar-refractivity contribution >= 4 is 28.8 Å². The molecule has 8 heteroatoms. The van der Waals surface area contributed by atoms with E-state index < -0.39 is 0 Å². The predicted molar refractivity (Wildman–Crippen MR) is 94.4 cm³/mol. The van der Waals surface area contributed by atoms with Gasteiger partial charge < -0.3 is 5.73 Å². The Morgan fingerprint density at radius 3 is 2.60 bits per heavy atom. The van der Waals surface area contributed by atoms with Crippen molar-refractivity contribution in [2.75, 3.05) is 5.73 Å². The molecule has 0 saturated heterocycles. The molecule has 4 rings (SSSR count). The molecule has 0 aromatic carbocycles. The molecule has 0 aliphatic heterocycles. The van der Waals surface area contributed by atoms with E-state index in [4.69, 9.17) is 22.8 Å². The highest BCUT2D eigenvalue weighted by atomic mass is 35.5. The lowest BCUT2D eigenvalue weighted by molar-refractivity contribution is 1.19. The van der Waals surface area contributed by atoms with Crippen LogP contribution in [0.15, 0.2) is 48.8 Å². The molecule has 4 aromatic heterocycles. The maximum absolute atomic E-state index is 8.86. The van der Waals surface area contributed by atoms with Crippen molar-refractivity contribution in [1.82, 2.24) is 24.0 Å². The van der Waals surface area contributed by atoms with E-state index in [9.17, 15) is 0 Å². The Labute approximate surface area is 147 Å². The first-order valence-electron chi connectivity index (χ1n) is 7.30. The normalized spacial score (nSPS) is 10.7. The fraction of sp³-hybridized carbons (Fsp3) is 0. The first-order valence-corrected chi connectivity index (χ1v) is 7.64. The predicted octanol–water partition coefficient (Wildman–Crippen LogP) is 3.01. The maximum Gasteiger partial charge on any atom is 0.176 e. The van der Waals surface area contributed by atoms with Crippen molar-refractivity contribution in [1.29, 1.82) is 5.26 Å². The van der Waals surface area contributed by atoms with E-state index >= 15 is 0 Å². The van der Waals surface area contributed by atoms with Crippen molar-refractivity contribution in [3.63, 3.8) is 0 Å². The van der Waals surface area contributed by atoms with E-state index in [0.29, 0.717) is 45.3 Å². The van der Waals surface area contributed by atoms with Crippen LogP contribution in [-0.4, -0.2) is 24.0 Å². The van der Waals surface area contributed by atoms with Gasteiger partial charge >= 0.3 is 0 Å². The van der Waals surface area contributed by atoms with Gasteiger partial charge in [-0.2, -0.15) is 5.26 Å². The highest BCUT2D eigenvalue weighted by Crippen LogP contribution is 2.29. The zero-order chi connectivity index (χ0) is 17.4. The molecule has 25 heavy (non-hydrogen) atoms. The molecule has 0 aliphatic rings. The van der Waals surface area contributed by atoms with Gasteiger partial charge in [0.25, 0.3) is 0 Å². The number of imidazole rings is 1. The second-order valence-electron chi connectivity index (χ2n) is 5.24. The maximum atomic E-state index is 8.86. The highest BCUT2D eigenvalue weighted by molar-refractivity contribution is 6.20. The van der Waals surface area contributed by atoms with Crippen LogP contribution >= 0.6 is 11.8 Å². The summed E-state index contributed by atoms with van der Waals surface area (Å²) in [6, 6.07) is 12.6. The molecule has 0 spiro atoms. The molecule has 0 atom stereocenters. The summed E-state index contributed by atoms with van der Waals surface area (Å²) in [5.74, 6) is 0.813. The van der Waals surface area contributed by atoms with Gasteiger partial charge in [-0.3, -0.25) is 4.98 Å². The van der Waals surface area contributed by atoms with Gasteiger partial charge in [-0.05, 0) is 36.4 Å². The average molecular weight is 348 g/mol. The monoisotopic (exact) mass is 347 g/mol. The van der Waals surface area contributed by atoms with Crippen LogP contribution in [0.5, 0.6) is 0 Å². The first kappa shape index (κ1) is 15.1. The van der Waals surface area contributed by atoms with E-state index in [2.05, 4.69) is 19.9 Å². The lowest BCUT2D eigenvalue weighted by atomic mass is 10.2. The van der Waals surface area contributed by atoms with E-state index in [-0.39, 0.29) is 0 Å². The zero-order valence-electron chi connectivity index (χ0n) is 12.8. The average Bonchev–Trinajstić information content (AvgIpc) is 2.98. The Morgan fingerprint density at radius 2 is 1.88 bits per heavy atom. The number of nitrogen functional groups attached to an aromatic ring is 1. The van der Waals surface area contributed by atoms with E-state index in [1.807, 2.05) is 12.1 Å². The number of halogens is 1. The number of hydrogen-bond acceptors (Lipinski definition) is 6. The SMILES string of the molecule is N#Cc1ccc(-c2ccc3nc(-c4cccnc4N)n(Cl)c3n2)nc1. The fourth-order valence-corrected chi connectivity index (χ4v) is 2.71. The summed E-state index contributed by atoms with van der Waals surface area (Å²) >= 11 is 6.42. The topological polar surface area (TPSA) is 106 Å². The first-order chi connectivity index (χ1) is 12.2. The molecular weight excluding hydrogens is 338 g/mol. The van der Waals surface area contributed by atoms with Gasteiger partial charge in [0.15, 0.2) is 11.5 Å². The summed E-state index contributed by atoms with van der Waals surface area (Å²) in [5, 5.41) is 8.86. The molecule has 4 heterocycles. The van der Waals surface area contributed by atoms with Crippen LogP contribution in [0.3, 0.4) is 0 Å². The van der Waals surface area contributed by atoms with Gasteiger partial charge in [-0.15, -0.1) is 0 Å². The molecule has 0 fully saturated rings. The van der Waals surface area contributed by atoms with Gasteiger partial charge in [0, 0.05) is 24.2 Å². The van der Waals surface area contributed by atoms with Crippen molar-refractivity contribution in [3.05, 3.63) is 54.4 Å². The largest absolute Gasteiger partial charge is 0.383 e. The molecular formula is C17H10ClN7. The fourth-order valence-electron chi connectivity index (χ4n) is 2.46. The molecule has 120 valence electrons. The second kappa shape index (κ2) is 5.85. The molecule has 2 N–H and O–H groups in total. The zero-order valence-corrected chi connectivity index (χ0v) is 13.5. The summed E-state index contributed by atoms with van der Waals surface area (Å²) in [4.78, 5) is 17.3. The van der Waals surface area contributed by atoms with Crippen LogP contribution in [0.2, 0.25) is 0 Å². The van der Waals surface area contributed by atoms with Crippen LogP contribution in [0, 0.1) is 11.3 Å². The van der Waals surface area contributed by atoms with Gasteiger partial charge in [-0.1, -0.05) is 0 Å². The van der Waals surface area contributed by atoms with Crippen LogP contribution < -0.4 is 5.73 Å². The third kappa shape index (κ3) is 2.55. The lowest BCUT2D eigenvalue weighted by Crippen LogP contribution is -1.96. The minimum absolute atomic E-state index is 0.341. The molecule has 7 nitrogen and oxygen atoms in total. The third-order valence-corrected chi connectivity index (χ3v) is 4.01. The molecule has 4 aromatic rings. The minimum Gasteiger partial charge on any atom is -0.383 e. The Bertz CT molecular complexity index is 1130. The highest BCUT2D eigenvalue weighted by Gasteiger charge is 2.16. The molecule has 0 amide bonds. The minimum atomic E-state index is 0.341. The van der Waals surface area contributed by atoms with E-state index in [1.54, 1.807) is 36.5 Å². The molecule has 0 aliphatic carbocycles. The summed E-state index contributed by atoms with van der Waals surface area (Å²) in [7, 11) is 0. The van der Waals surface area contributed by atoms with Crippen LogP contribution in [-0.2, 0) is 0 Å². The van der Waals surface area contributed by atoms with Crippen molar-refractivity contribution in [2.45, 2.75) is 0 Å². The van der Waals surface area contributed by atoms with E-state index in [0.717, 1.165) is 0 Å². The quantitative estimate of drug-likeness (QED) is 0.597. The number of pyridine rings is 3. The van der Waals surface area contributed by atoms with E-state index in [1.165, 1.54) is 10.3 Å². The van der Waals surface area contributed by atoms with Crippen molar-refractivity contribution in [2.24, 2.45) is 0 Å². The standard InChI is InChI=1S/C17H10ClN7/c18-25-16(11-2-1-7-21-15(11)20)24-14-6-5-13(23-17(14)25)12-4-3-10(8-19)9-22-12/h1-7,9H,(H2,20,21). The Morgan fingerprint density at radius 1 is 1.04 bits per heavy atom. The summed E-state index contributed by atoms with van der Waals surface area (Å²) < 4.78 is 1.36. The van der Waals surface area contributed by atoms with Gasteiger partial charge in [0.2, 0.25) is 0 Å². The number of fused-ring (bicyclic) bond motifs is 1. The third-order valence-electron chi connectivity index (χ3n) is 3.69. The Kier molecular flexibility index (Phi) is 3.52. The van der Waals surface area contributed by atoms with Gasteiger partial charge in [-0.25, -0.2) is 19.0 Å². The molecule has 0 unspecified atom stereocenters.